The fourth-order valence-electron chi connectivity index (χ4n) is 3.84. The van der Waals surface area contributed by atoms with E-state index in [1.54, 1.807) is 61.5 Å². The van der Waals surface area contributed by atoms with E-state index in [0.717, 1.165) is 15.4 Å². The Bertz CT molecular complexity index is 1420. The average Bonchev–Trinajstić information content (AvgIpc) is 2.85. The minimum Gasteiger partial charge on any atom is -0.350 e. The van der Waals surface area contributed by atoms with Crippen LogP contribution in [-0.2, 0) is 26.2 Å². The molecule has 3 aromatic carbocycles. The number of amides is 2. The number of carbonyl (C=O) groups is 2. The molecule has 0 aliphatic rings. The standard InChI is InChI=1S/C29H33Cl2N3O4S/c1-20-9-15-26(16-10-20)39(37,38)34(25-8-6-7-24(31)17-25)19-27(35)33(18-22-11-13-23(30)14-12-22)21(2)28(36)32-29(3,4)5/h6-17,21H,18-19H2,1-5H3,(H,32,36). The molecule has 10 heteroatoms. The summed E-state index contributed by atoms with van der Waals surface area (Å²) in [5.74, 6) is -0.919. The minimum absolute atomic E-state index is 0.0312. The van der Waals surface area contributed by atoms with Gasteiger partial charge in [0.1, 0.15) is 12.6 Å². The summed E-state index contributed by atoms with van der Waals surface area (Å²) in [5, 5.41) is 3.75. The van der Waals surface area contributed by atoms with Crippen molar-refractivity contribution in [3.8, 4) is 0 Å². The number of anilines is 1. The van der Waals surface area contributed by atoms with Crippen LogP contribution in [0.4, 0.5) is 5.69 Å². The van der Waals surface area contributed by atoms with Gasteiger partial charge in [-0.15, -0.1) is 0 Å². The van der Waals surface area contributed by atoms with Crippen molar-refractivity contribution in [2.45, 2.75) is 57.6 Å². The Hall–Kier alpha value is -3.07. The van der Waals surface area contributed by atoms with Crippen LogP contribution in [-0.4, -0.2) is 43.3 Å². The first-order valence-electron chi connectivity index (χ1n) is 12.4. The lowest BCUT2D eigenvalue weighted by Crippen LogP contribution is -2.54. The predicted octanol–water partition coefficient (Wildman–Crippen LogP) is 5.83. The van der Waals surface area contributed by atoms with Gasteiger partial charge < -0.3 is 10.2 Å². The van der Waals surface area contributed by atoms with Gasteiger partial charge in [0.2, 0.25) is 11.8 Å². The summed E-state index contributed by atoms with van der Waals surface area (Å²) in [5.41, 5.74) is 1.34. The Labute approximate surface area is 240 Å². The highest BCUT2D eigenvalue weighted by molar-refractivity contribution is 7.92. The third-order valence-electron chi connectivity index (χ3n) is 5.92. The monoisotopic (exact) mass is 589 g/mol. The topological polar surface area (TPSA) is 86.8 Å². The van der Waals surface area contributed by atoms with E-state index in [4.69, 9.17) is 23.2 Å². The van der Waals surface area contributed by atoms with Crippen molar-refractivity contribution in [3.05, 3.63) is 94.0 Å². The molecular weight excluding hydrogens is 557 g/mol. The van der Waals surface area contributed by atoms with Crippen LogP contribution < -0.4 is 9.62 Å². The van der Waals surface area contributed by atoms with E-state index in [1.165, 1.54) is 23.1 Å². The van der Waals surface area contributed by atoms with Crippen LogP contribution >= 0.6 is 23.2 Å². The third-order valence-corrected chi connectivity index (χ3v) is 8.19. The van der Waals surface area contributed by atoms with Crippen molar-refractivity contribution in [3.63, 3.8) is 0 Å². The van der Waals surface area contributed by atoms with Gasteiger partial charge in [-0.2, -0.15) is 0 Å². The van der Waals surface area contributed by atoms with Gasteiger partial charge in [-0.1, -0.05) is 59.1 Å². The summed E-state index contributed by atoms with van der Waals surface area (Å²) in [4.78, 5) is 28.4. The molecule has 0 aromatic heterocycles. The Balaban J connectivity index is 2.03. The van der Waals surface area contributed by atoms with E-state index < -0.39 is 34.1 Å². The molecular formula is C29H33Cl2N3O4S. The quantitative estimate of drug-likeness (QED) is 0.340. The number of sulfonamides is 1. The van der Waals surface area contributed by atoms with E-state index >= 15 is 0 Å². The first-order chi connectivity index (χ1) is 18.2. The van der Waals surface area contributed by atoms with Crippen molar-refractivity contribution >= 4 is 50.7 Å². The van der Waals surface area contributed by atoms with E-state index in [-0.39, 0.29) is 23.0 Å². The maximum atomic E-state index is 13.9. The van der Waals surface area contributed by atoms with Crippen molar-refractivity contribution in [1.82, 2.24) is 10.2 Å². The van der Waals surface area contributed by atoms with Crippen molar-refractivity contribution in [2.75, 3.05) is 10.8 Å². The van der Waals surface area contributed by atoms with Gasteiger partial charge in [-0.25, -0.2) is 8.42 Å². The van der Waals surface area contributed by atoms with Gasteiger partial charge in [-0.05, 0) is 82.6 Å². The normalized spacial score (nSPS) is 12.5. The van der Waals surface area contributed by atoms with Gasteiger partial charge in [0.25, 0.3) is 10.0 Å². The number of aryl methyl sites for hydroxylation is 1. The second-order valence-electron chi connectivity index (χ2n) is 10.4. The highest BCUT2D eigenvalue weighted by Gasteiger charge is 2.33. The number of nitrogens with one attached hydrogen (secondary N) is 1. The molecule has 1 atom stereocenters. The molecule has 0 aliphatic carbocycles. The van der Waals surface area contributed by atoms with E-state index in [0.29, 0.717) is 10.0 Å². The number of carbonyl (C=O) groups excluding carboxylic acids is 2. The molecule has 1 unspecified atom stereocenters. The lowest BCUT2D eigenvalue weighted by atomic mass is 10.1. The predicted molar refractivity (Wildman–Crippen MR) is 157 cm³/mol. The lowest BCUT2D eigenvalue weighted by Gasteiger charge is -2.33. The zero-order chi connectivity index (χ0) is 29.0. The molecule has 0 spiro atoms. The molecule has 3 aromatic rings. The average molecular weight is 591 g/mol. The Morgan fingerprint density at radius 1 is 0.923 bits per heavy atom. The van der Waals surface area contributed by atoms with Crippen LogP contribution in [0.2, 0.25) is 10.0 Å². The molecule has 2 amide bonds. The fraction of sp³-hybridized carbons (Fsp3) is 0.310. The Kier molecular flexibility index (Phi) is 9.69. The highest BCUT2D eigenvalue weighted by atomic mass is 35.5. The van der Waals surface area contributed by atoms with E-state index in [9.17, 15) is 18.0 Å². The number of rotatable bonds is 9. The third kappa shape index (κ3) is 8.21. The largest absolute Gasteiger partial charge is 0.350 e. The Morgan fingerprint density at radius 3 is 2.10 bits per heavy atom. The van der Waals surface area contributed by atoms with Crippen molar-refractivity contribution in [1.29, 1.82) is 0 Å². The maximum absolute atomic E-state index is 13.9. The van der Waals surface area contributed by atoms with Crippen LogP contribution in [0.3, 0.4) is 0 Å². The molecule has 208 valence electrons. The van der Waals surface area contributed by atoms with Crippen LogP contribution in [0.15, 0.2) is 77.7 Å². The lowest BCUT2D eigenvalue weighted by molar-refractivity contribution is -0.140. The number of hydrogen-bond acceptors (Lipinski definition) is 4. The van der Waals surface area contributed by atoms with Gasteiger partial charge in [0.05, 0.1) is 10.6 Å². The molecule has 0 saturated heterocycles. The Morgan fingerprint density at radius 2 is 1.54 bits per heavy atom. The maximum Gasteiger partial charge on any atom is 0.264 e. The number of halogens is 2. The number of nitrogens with zero attached hydrogens (tertiary/aromatic N) is 2. The summed E-state index contributed by atoms with van der Waals surface area (Å²) in [6, 6.07) is 18.7. The molecule has 39 heavy (non-hydrogen) atoms. The minimum atomic E-state index is -4.16. The molecule has 1 N–H and O–H groups in total. The summed E-state index contributed by atoms with van der Waals surface area (Å²) in [6.07, 6.45) is 0. The van der Waals surface area contributed by atoms with Crippen LogP contribution in [0.5, 0.6) is 0 Å². The molecule has 0 radical (unpaired) electrons. The zero-order valence-corrected chi connectivity index (χ0v) is 24.9. The summed E-state index contributed by atoms with van der Waals surface area (Å²) in [7, 11) is -4.16. The van der Waals surface area contributed by atoms with Gasteiger partial charge in [0, 0.05) is 22.1 Å². The molecule has 3 rings (SSSR count). The smallest absolute Gasteiger partial charge is 0.264 e. The first-order valence-corrected chi connectivity index (χ1v) is 14.6. The number of benzene rings is 3. The highest BCUT2D eigenvalue weighted by Crippen LogP contribution is 2.27. The van der Waals surface area contributed by atoms with Crippen LogP contribution in [0, 0.1) is 6.92 Å². The fourth-order valence-corrected chi connectivity index (χ4v) is 5.56. The molecule has 0 aliphatic heterocycles. The second kappa shape index (κ2) is 12.4. The summed E-state index contributed by atoms with van der Waals surface area (Å²) >= 11 is 12.2. The summed E-state index contributed by atoms with van der Waals surface area (Å²) in [6.45, 7) is 8.54. The second-order valence-corrected chi connectivity index (χ2v) is 13.1. The van der Waals surface area contributed by atoms with Crippen molar-refractivity contribution < 1.29 is 18.0 Å². The van der Waals surface area contributed by atoms with Gasteiger partial charge >= 0.3 is 0 Å². The molecule has 7 nitrogen and oxygen atoms in total. The van der Waals surface area contributed by atoms with Gasteiger partial charge in [0.15, 0.2) is 0 Å². The first kappa shape index (κ1) is 30.5. The zero-order valence-electron chi connectivity index (χ0n) is 22.6. The molecule has 0 heterocycles. The van der Waals surface area contributed by atoms with Crippen molar-refractivity contribution in [2.24, 2.45) is 0 Å². The molecule has 0 saturated carbocycles. The van der Waals surface area contributed by atoms with E-state index in [2.05, 4.69) is 5.32 Å². The van der Waals surface area contributed by atoms with Crippen LogP contribution in [0.25, 0.3) is 0 Å². The molecule has 0 bridgehead atoms. The van der Waals surface area contributed by atoms with Crippen LogP contribution in [0.1, 0.15) is 38.8 Å². The molecule has 0 fully saturated rings. The number of hydrogen-bond donors (Lipinski definition) is 1. The SMILES string of the molecule is Cc1ccc(S(=O)(=O)N(CC(=O)N(Cc2ccc(Cl)cc2)C(C)C(=O)NC(C)(C)C)c2cccc(Cl)c2)cc1. The van der Waals surface area contributed by atoms with E-state index in [1.807, 2.05) is 27.7 Å². The van der Waals surface area contributed by atoms with Gasteiger partial charge in [-0.3, -0.25) is 13.9 Å². The summed E-state index contributed by atoms with van der Waals surface area (Å²) < 4.78 is 28.7.